The summed E-state index contributed by atoms with van der Waals surface area (Å²) >= 11 is 0. The van der Waals surface area contributed by atoms with Gasteiger partial charge in [0.2, 0.25) is 0 Å². The number of rotatable bonds is 5. The molecular weight excluding hydrogens is 168 g/mol. The summed E-state index contributed by atoms with van der Waals surface area (Å²) in [6.45, 7) is 1.98. The van der Waals surface area contributed by atoms with E-state index in [1.165, 1.54) is 0 Å². The van der Waals surface area contributed by atoms with Gasteiger partial charge in [0.1, 0.15) is 0 Å². The van der Waals surface area contributed by atoms with Gasteiger partial charge in [-0.15, -0.1) is 0 Å². The van der Waals surface area contributed by atoms with Crippen LogP contribution in [0.4, 0.5) is 0 Å². The second kappa shape index (κ2) is 5.55. The first-order valence-corrected chi connectivity index (χ1v) is 4.33. The molecule has 0 fully saturated rings. The lowest BCUT2D eigenvalue weighted by Gasteiger charge is -2.25. The molecule has 0 saturated heterocycles. The average molecular weight is 184 g/mol. The molecule has 0 radical (unpaired) electrons. The van der Waals surface area contributed by atoms with Crippen molar-refractivity contribution < 1.29 is 9.90 Å². The van der Waals surface area contributed by atoms with E-state index < -0.39 is 11.9 Å². The maximum absolute atomic E-state index is 10.7. The zero-order valence-electron chi connectivity index (χ0n) is 8.32. The molecule has 74 valence electrons. The van der Waals surface area contributed by atoms with Crippen LogP contribution in [-0.2, 0) is 4.79 Å². The number of hydrogen-bond acceptors (Lipinski definition) is 3. The maximum atomic E-state index is 10.7. The Morgan fingerprint density at radius 3 is 2.38 bits per heavy atom. The second-order valence-electron chi connectivity index (χ2n) is 3.26. The first-order valence-electron chi connectivity index (χ1n) is 4.33. The Morgan fingerprint density at radius 2 is 2.15 bits per heavy atom. The highest BCUT2D eigenvalue weighted by atomic mass is 16.4. The van der Waals surface area contributed by atoms with Crippen LogP contribution in [0.3, 0.4) is 0 Å². The first-order chi connectivity index (χ1) is 6.04. The summed E-state index contributed by atoms with van der Waals surface area (Å²) in [6, 6.07) is 1.64. The van der Waals surface area contributed by atoms with Crippen LogP contribution in [0.1, 0.15) is 19.8 Å². The van der Waals surface area contributed by atoms with Gasteiger partial charge in [0, 0.05) is 6.04 Å². The topological polar surface area (TPSA) is 64.3 Å². The number of nitriles is 1. The molecule has 1 N–H and O–H groups in total. The maximum Gasteiger partial charge on any atom is 0.322 e. The fourth-order valence-electron chi connectivity index (χ4n) is 1.32. The fraction of sp³-hybridized carbons (Fsp3) is 0.778. The minimum atomic E-state index is -1.03. The molecule has 0 heterocycles. The zero-order valence-corrected chi connectivity index (χ0v) is 8.32. The standard InChI is InChI=1S/C9H16N2O2/c1-4-5-8(11(2)3)7(6-10)9(12)13/h7-8H,4-5H2,1-3H3,(H,12,13). The van der Waals surface area contributed by atoms with Gasteiger partial charge in [0.05, 0.1) is 6.07 Å². The van der Waals surface area contributed by atoms with Crippen molar-refractivity contribution in [2.75, 3.05) is 14.1 Å². The van der Waals surface area contributed by atoms with E-state index in [1.807, 2.05) is 13.0 Å². The smallest absolute Gasteiger partial charge is 0.322 e. The first kappa shape index (κ1) is 11.9. The lowest BCUT2D eigenvalue weighted by Crippen LogP contribution is -2.38. The Kier molecular flexibility index (Phi) is 5.09. The van der Waals surface area contributed by atoms with Crippen molar-refractivity contribution in [3.8, 4) is 6.07 Å². The van der Waals surface area contributed by atoms with Gasteiger partial charge in [-0.1, -0.05) is 13.3 Å². The second-order valence-corrected chi connectivity index (χ2v) is 3.26. The minimum Gasteiger partial charge on any atom is -0.480 e. The third kappa shape index (κ3) is 3.43. The monoisotopic (exact) mass is 184 g/mol. The number of nitrogens with zero attached hydrogens (tertiary/aromatic N) is 2. The number of carboxylic acid groups (broad SMARTS) is 1. The Morgan fingerprint density at radius 1 is 1.62 bits per heavy atom. The SMILES string of the molecule is CCCC(C(C#N)C(=O)O)N(C)C. The predicted molar refractivity (Wildman–Crippen MR) is 49.1 cm³/mol. The van der Waals surface area contributed by atoms with Crippen molar-refractivity contribution in [3.05, 3.63) is 0 Å². The van der Waals surface area contributed by atoms with E-state index in [1.54, 1.807) is 19.0 Å². The number of carbonyl (C=O) groups is 1. The number of hydrogen-bond donors (Lipinski definition) is 1. The minimum absolute atomic E-state index is 0.188. The molecule has 0 spiro atoms. The van der Waals surface area contributed by atoms with Crippen LogP contribution in [0, 0.1) is 17.2 Å². The van der Waals surface area contributed by atoms with Gasteiger partial charge in [-0.25, -0.2) is 0 Å². The summed E-state index contributed by atoms with van der Waals surface area (Å²) in [7, 11) is 3.60. The molecule has 0 bridgehead atoms. The van der Waals surface area contributed by atoms with Crippen molar-refractivity contribution in [2.24, 2.45) is 5.92 Å². The third-order valence-corrected chi connectivity index (χ3v) is 2.04. The van der Waals surface area contributed by atoms with Gasteiger partial charge in [0.25, 0.3) is 0 Å². The number of carboxylic acids is 1. The number of aliphatic carboxylic acids is 1. The summed E-state index contributed by atoms with van der Waals surface area (Å²) in [5.74, 6) is -1.95. The van der Waals surface area contributed by atoms with E-state index in [0.717, 1.165) is 12.8 Å². The molecule has 2 unspecified atom stereocenters. The highest BCUT2D eigenvalue weighted by Crippen LogP contribution is 2.14. The van der Waals surface area contributed by atoms with Gasteiger partial charge in [-0.3, -0.25) is 4.79 Å². The molecule has 4 nitrogen and oxygen atoms in total. The van der Waals surface area contributed by atoms with Crippen molar-refractivity contribution in [1.82, 2.24) is 4.90 Å². The Balaban J connectivity index is 4.51. The Hall–Kier alpha value is -1.08. The van der Waals surface area contributed by atoms with Crippen LogP contribution in [0.5, 0.6) is 0 Å². The molecule has 0 aliphatic carbocycles. The van der Waals surface area contributed by atoms with Gasteiger partial charge in [-0.05, 0) is 20.5 Å². The van der Waals surface area contributed by atoms with Crippen molar-refractivity contribution in [1.29, 1.82) is 5.26 Å². The van der Waals surface area contributed by atoms with Crippen molar-refractivity contribution in [2.45, 2.75) is 25.8 Å². The van der Waals surface area contributed by atoms with E-state index in [0.29, 0.717) is 0 Å². The molecule has 0 aliphatic heterocycles. The van der Waals surface area contributed by atoms with E-state index in [2.05, 4.69) is 0 Å². The lowest BCUT2D eigenvalue weighted by molar-refractivity contribution is -0.141. The molecule has 0 aromatic carbocycles. The molecule has 0 amide bonds. The zero-order chi connectivity index (χ0) is 10.4. The molecule has 0 saturated carbocycles. The quantitative estimate of drug-likeness (QED) is 0.690. The van der Waals surface area contributed by atoms with E-state index in [9.17, 15) is 4.79 Å². The molecule has 0 rings (SSSR count). The van der Waals surface area contributed by atoms with Crippen LogP contribution in [0.15, 0.2) is 0 Å². The summed E-state index contributed by atoms with van der Waals surface area (Å²) in [6.07, 6.45) is 1.62. The van der Waals surface area contributed by atoms with E-state index in [4.69, 9.17) is 10.4 Å². The van der Waals surface area contributed by atoms with Crippen LogP contribution in [-0.4, -0.2) is 36.1 Å². The van der Waals surface area contributed by atoms with Crippen LogP contribution >= 0.6 is 0 Å². The highest BCUT2D eigenvalue weighted by molar-refractivity contribution is 5.73. The summed E-state index contributed by atoms with van der Waals surface area (Å²) in [5, 5.41) is 17.5. The van der Waals surface area contributed by atoms with Gasteiger partial charge in [-0.2, -0.15) is 5.26 Å². The average Bonchev–Trinajstić information content (AvgIpc) is 2.03. The van der Waals surface area contributed by atoms with Crippen molar-refractivity contribution >= 4 is 5.97 Å². The summed E-state index contributed by atoms with van der Waals surface area (Å²) < 4.78 is 0. The highest BCUT2D eigenvalue weighted by Gasteiger charge is 2.28. The molecule has 4 heteroatoms. The van der Waals surface area contributed by atoms with E-state index >= 15 is 0 Å². The van der Waals surface area contributed by atoms with Crippen LogP contribution in [0.2, 0.25) is 0 Å². The van der Waals surface area contributed by atoms with E-state index in [-0.39, 0.29) is 6.04 Å². The molecule has 0 aliphatic rings. The molecular formula is C9H16N2O2. The molecule has 0 aromatic rings. The Bertz CT molecular complexity index is 208. The van der Waals surface area contributed by atoms with Gasteiger partial charge >= 0.3 is 5.97 Å². The van der Waals surface area contributed by atoms with Crippen LogP contribution in [0.25, 0.3) is 0 Å². The fourth-order valence-corrected chi connectivity index (χ4v) is 1.32. The molecule has 13 heavy (non-hydrogen) atoms. The lowest BCUT2D eigenvalue weighted by atomic mass is 9.96. The summed E-state index contributed by atoms with van der Waals surface area (Å²) in [4.78, 5) is 12.5. The van der Waals surface area contributed by atoms with Gasteiger partial charge in [0.15, 0.2) is 5.92 Å². The summed E-state index contributed by atoms with van der Waals surface area (Å²) in [5.41, 5.74) is 0. The molecule has 0 aromatic heterocycles. The van der Waals surface area contributed by atoms with Crippen molar-refractivity contribution in [3.63, 3.8) is 0 Å². The van der Waals surface area contributed by atoms with Crippen LogP contribution < -0.4 is 0 Å². The largest absolute Gasteiger partial charge is 0.480 e. The Labute approximate surface area is 78.8 Å². The predicted octanol–water partition coefficient (Wildman–Crippen LogP) is 0.941. The third-order valence-electron chi connectivity index (χ3n) is 2.04. The normalized spacial score (nSPS) is 15.0. The van der Waals surface area contributed by atoms with Gasteiger partial charge < -0.3 is 10.0 Å². The molecule has 2 atom stereocenters.